The molecule has 1 aromatic rings. The molecule has 4 aliphatic rings. The Hall–Kier alpha value is -0.860. The van der Waals surface area contributed by atoms with Gasteiger partial charge in [-0.2, -0.15) is 0 Å². The van der Waals surface area contributed by atoms with E-state index >= 15 is 0 Å². The van der Waals surface area contributed by atoms with Gasteiger partial charge < -0.3 is 5.11 Å². The van der Waals surface area contributed by atoms with Crippen molar-refractivity contribution in [1.29, 1.82) is 0 Å². The van der Waals surface area contributed by atoms with Gasteiger partial charge in [-0.1, -0.05) is 44.6 Å². The van der Waals surface area contributed by atoms with Gasteiger partial charge in [-0.25, -0.2) is 0 Å². The highest BCUT2D eigenvalue weighted by Crippen LogP contribution is 2.67. The van der Waals surface area contributed by atoms with Crippen molar-refractivity contribution in [1.82, 2.24) is 0 Å². The first-order chi connectivity index (χ1) is 12.4. The molecule has 0 amide bonds. The number of aliphatic hydroxyl groups excluding tert-OH is 1. The summed E-state index contributed by atoms with van der Waals surface area (Å²) < 4.78 is 0. The van der Waals surface area contributed by atoms with E-state index in [0.717, 1.165) is 30.6 Å². The third-order valence-corrected chi connectivity index (χ3v) is 9.68. The molecule has 0 aliphatic heterocycles. The number of allylic oxidation sites excluding steroid dienone is 3. The van der Waals surface area contributed by atoms with Crippen LogP contribution in [0.15, 0.2) is 35.2 Å². The van der Waals surface area contributed by atoms with Crippen molar-refractivity contribution >= 4 is 16.9 Å². The van der Waals surface area contributed by atoms with Crippen LogP contribution in [0.3, 0.4) is 0 Å². The monoisotopic (exact) mass is 368 g/mol. The van der Waals surface area contributed by atoms with Gasteiger partial charge in [0.25, 0.3) is 0 Å². The summed E-state index contributed by atoms with van der Waals surface area (Å²) in [5.41, 5.74) is 3.92. The van der Waals surface area contributed by atoms with E-state index in [0.29, 0.717) is 16.7 Å². The fourth-order valence-electron chi connectivity index (χ4n) is 7.38. The molecule has 1 heterocycles. The summed E-state index contributed by atoms with van der Waals surface area (Å²) >= 11 is 1.91. The summed E-state index contributed by atoms with van der Waals surface area (Å²) in [4.78, 5) is 1.50. The fourth-order valence-corrected chi connectivity index (χ4v) is 8.29. The maximum Gasteiger partial charge on any atom is 0.0577 e. The Bertz CT molecular complexity index is 759. The highest BCUT2D eigenvalue weighted by atomic mass is 32.1. The zero-order valence-corrected chi connectivity index (χ0v) is 17.2. The van der Waals surface area contributed by atoms with Crippen molar-refractivity contribution in [3.8, 4) is 0 Å². The molecule has 0 radical (unpaired) electrons. The van der Waals surface area contributed by atoms with Crippen LogP contribution in [0, 0.1) is 34.5 Å². The molecule has 1 N–H and O–H groups in total. The Labute approximate surface area is 162 Å². The van der Waals surface area contributed by atoms with E-state index < -0.39 is 0 Å². The minimum absolute atomic E-state index is 0.106. The second kappa shape index (κ2) is 5.82. The van der Waals surface area contributed by atoms with Gasteiger partial charge in [-0.15, -0.1) is 11.3 Å². The normalized spacial score (nSPS) is 47.5. The Morgan fingerprint density at radius 3 is 2.69 bits per heavy atom. The van der Waals surface area contributed by atoms with Crippen molar-refractivity contribution in [2.45, 2.75) is 65.4 Å². The topological polar surface area (TPSA) is 20.2 Å². The molecule has 26 heavy (non-hydrogen) atoms. The lowest BCUT2D eigenvalue weighted by Crippen LogP contribution is -2.52. The first-order valence-electron chi connectivity index (χ1n) is 10.6. The molecule has 2 heteroatoms. The molecule has 0 bridgehead atoms. The Morgan fingerprint density at radius 1 is 1.12 bits per heavy atom. The van der Waals surface area contributed by atoms with E-state index in [1.165, 1.54) is 30.6 Å². The molecule has 2 saturated carbocycles. The first-order valence-corrected chi connectivity index (χ1v) is 11.5. The molecule has 2 fully saturated rings. The summed E-state index contributed by atoms with van der Waals surface area (Å²) in [6, 6.07) is 4.53. The average molecular weight is 369 g/mol. The standard InChI is InChI=1S/C24H32OS/c1-15-13-16-14-17(25)8-10-23(16,2)20-9-11-24(3)18(21-5-4-12-26-21)6-7-19(24)22(15)20/h4-6,12-13,15,17,19-20,22,25H,7-11,14H2,1-3H3/t15-,17-,19-,20-,22-,23-,24+/m0/s1. The number of fused-ring (bicyclic) bond motifs is 5. The molecule has 0 unspecified atom stereocenters. The maximum atomic E-state index is 10.2. The zero-order chi connectivity index (χ0) is 18.1. The molecule has 5 rings (SSSR count). The minimum atomic E-state index is -0.106. The van der Waals surface area contributed by atoms with Crippen LogP contribution in [0.5, 0.6) is 0 Å². The zero-order valence-electron chi connectivity index (χ0n) is 16.4. The van der Waals surface area contributed by atoms with Crippen molar-refractivity contribution in [3.05, 3.63) is 40.1 Å². The van der Waals surface area contributed by atoms with Gasteiger partial charge in [-0.3, -0.25) is 0 Å². The molecular weight excluding hydrogens is 336 g/mol. The molecule has 0 spiro atoms. The number of aliphatic hydroxyl groups is 1. The van der Waals surface area contributed by atoms with Crippen LogP contribution in [0.4, 0.5) is 0 Å². The number of thiophene rings is 1. The lowest BCUT2D eigenvalue weighted by Gasteiger charge is -2.59. The summed E-state index contributed by atoms with van der Waals surface area (Å²) in [5, 5.41) is 12.5. The van der Waals surface area contributed by atoms with Gasteiger partial charge in [0.2, 0.25) is 0 Å². The van der Waals surface area contributed by atoms with Crippen LogP contribution in [0.1, 0.15) is 64.2 Å². The SMILES string of the molecule is C[C@H]1C=C2C[C@@H](O)CC[C@]2(C)[C@H]2CC[C@]3(C)C(c4cccs4)=CC[C@H]3[C@H]12. The molecule has 0 aromatic carbocycles. The Kier molecular flexibility index (Phi) is 3.86. The summed E-state index contributed by atoms with van der Waals surface area (Å²) in [5.74, 6) is 3.04. The fraction of sp³-hybridized carbons (Fsp3) is 0.667. The van der Waals surface area contributed by atoms with Crippen LogP contribution in [0.25, 0.3) is 5.57 Å². The quantitative estimate of drug-likeness (QED) is 0.576. The Balaban J connectivity index is 1.52. The second-order valence-electron chi connectivity index (χ2n) is 9.94. The predicted molar refractivity (Wildman–Crippen MR) is 110 cm³/mol. The summed E-state index contributed by atoms with van der Waals surface area (Å²) in [7, 11) is 0. The molecule has 1 aromatic heterocycles. The molecule has 0 saturated heterocycles. The van der Waals surface area contributed by atoms with Crippen molar-refractivity contribution in [3.63, 3.8) is 0 Å². The van der Waals surface area contributed by atoms with Gasteiger partial charge in [0.05, 0.1) is 6.10 Å². The van der Waals surface area contributed by atoms with Crippen molar-refractivity contribution < 1.29 is 5.11 Å². The molecule has 7 atom stereocenters. The van der Waals surface area contributed by atoms with Crippen LogP contribution < -0.4 is 0 Å². The van der Waals surface area contributed by atoms with Crippen LogP contribution >= 0.6 is 11.3 Å². The highest BCUT2D eigenvalue weighted by molar-refractivity contribution is 7.11. The predicted octanol–water partition coefficient (Wildman–Crippen LogP) is 6.31. The van der Waals surface area contributed by atoms with E-state index in [1.807, 2.05) is 11.3 Å². The van der Waals surface area contributed by atoms with Crippen LogP contribution in [-0.2, 0) is 0 Å². The van der Waals surface area contributed by atoms with E-state index in [-0.39, 0.29) is 6.10 Å². The maximum absolute atomic E-state index is 10.2. The van der Waals surface area contributed by atoms with Gasteiger partial charge in [0, 0.05) is 4.88 Å². The minimum Gasteiger partial charge on any atom is -0.393 e. The molecule has 1 nitrogen and oxygen atoms in total. The second-order valence-corrected chi connectivity index (χ2v) is 10.9. The molecule has 4 aliphatic carbocycles. The highest BCUT2D eigenvalue weighted by Gasteiger charge is 2.58. The van der Waals surface area contributed by atoms with Crippen molar-refractivity contribution in [2.75, 3.05) is 0 Å². The third kappa shape index (κ3) is 2.24. The van der Waals surface area contributed by atoms with Gasteiger partial charge in [-0.05, 0) is 90.0 Å². The van der Waals surface area contributed by atoms with E-state index in [1.54, 1.807) is 11.1 Å². The van der Waals surface area contributed by atoms with Crippen molar-refractivity contribution in [2.24, 2.45) is 34.5 Å². The van der Waals surface area contributed by atoms with E-state index in [9.17, 15) is 5.11 Å². The average Bonchev–Trinajstić information content (AvgIpc) is 3.23. The summed E-state index contributed by atoms with van der Waals surface area (Å²) in [6.45, 7) is 7.55. The summed E-state index contributed by atoms with van der Waals surface area (Å²) in [6.07, 6.45) is 12.1. The Morgan fingerprint density at radius 2 is 1.92 bits per heavy atom. The van der Waals surface area contributed by atoms with E-state index in [4.69, 9.17) is 0 Å². The van der Waals surface area contributed by atoms with Gasteiger partial charge >= 0.3 is 0 Å². The smallest absolute Gasteiger partial charge is 0.0577 e. The lowest BCUT2D eigenvalue weighted by atomic mass is 9.45. The number of rotatable bonds is 1. The lowest BCUT2D eigenvalue weighted by molar-refractivity contribution is -0.0425. The first kappa shape index (κ1) is 17.3. The molecule has 140 valence electrons. The largest absolute Gasteiger partial charge is 0.393 e. The van der Waals surface area contributed by atoms with E-state index in [2.05, 4.69) is 50.4 Å². The number of hydrogen-bond acceptors (Lipinski definition) is 2. The number of hydrogen-bond donors (Lipinski definition) is 1. The van der Waals surface area contributed by atoms with Gasteiger partial charge in [0.1, 0.15) is 0 Å². The molecular formula is C24H32OS. The van der Waals surface area contributed by atoms with Crippen LogP contribution in [-0.4, -0.2) is 11.2 Å². The third-order valence-electron chi connectivity index (χ3n) is 8.78. The van der Waals surface area contributed by atoms with Gasteiger partial charge in [0.15, 0.2) is 0 Å². The van der Waals surface area contributed by atoms with Crippen LogP contribution in [0.2, 0.25) is 0 Å².